The Morgan fingerprint density at radius 2 is 1.69 bits per heavy atom. The molecule has 4 atom stereocenters. The van der Waals surface area contributed by atoms with Crippen molar-refractivity contribution in [3.8, 4) is 11.5 Å². The highest BCUT2D eigenvalue weighted by Gasteiger charge is 2.32. The summed E-state index contributed by atoms with van der Waals surface area (Å²) in [6.07, 6.45) is 1.24. The van der Waals surface area contributed by atoms with Gasteiger partial charge in [0.25, 0.3) is 15.9 Å². The van der Waals surface area contributed by atoms with Gasteiger partial charge < -0.3 is 24.2 Å². The summed E-state index contributed by atoms with van der Waals surface area (Å²) >= 11 is 0. The molecule has 2 N–H and O–H groups in total. The van der Waals surface area contributed by atoms with Crippen molar-refractivity contribution >= 4 is 31.6 Å². The third-order valence-corrected chi connectivity index (χ3v) is 11.8. The number of nitrogens with one attached hydrogen (secondary N) is 1. The molecule has 3 aromatic carbocycles. The molecule has 0 aliphatic carbocycles. The van der Waals surface area contributed by atoms with Crippen molar-refractivity contribution in [2.24, 2.45) is 5.92 Å². The van der Waals surface area contributed by atoms with Gasteiger partial charge in [-0.1, -0.05) is 25.1 Å². The molecule has 1 aliphatic rings. The lowest BCUT2D eigenvalue weighted by Gasteiger charge is -2.35. The highest BCUT2D eigenvalue weighted by atomic mass is 32.2. The van der Waals surface area contributed by atoms with Gasteiger partial charge in [0.15, 0.2) is 0 Å². The molecule has 1 heterocycles. The molecule has 268 valence electrons. The van der Waals surface area contributed by atoms with E-state index in [9.17, 15) is 26.7 Å². The largest absolute Gasteiger partial charge is 0.497 e. The van der Waals surface area contributed by atoms with Gasteiger partial charge in [0.05, 0.1) is 47.3 Å². The average molecular weight is 718 g/mol. The fraction of sp³-hybridized carbons (Fsp3) is 0.457. The van der Waals surface area contributed by atoms with Crippen molar-refractivity contribution in [3.05, 3.63) is 78.4 Å². The summed E-state index contributed by atoms with van der Waals surface area (Å²) in [7, 11) is -4.82. The van der Waals surface area contributed by atoms with E-state index in [-0.39, 0.29) is 58.5 Å². The van der Waals surface area contributed by atoms with Gasteiger partial charge in [0.1, 0.15) is 11.5 Å². The standard InChI is InChI=1S/C35H47N3O9S2/c1-25-22-38(26(2)24-39)35(40)32-21-28(36-48(41,42)30-12-7-6-8-13-30)14-19-33(32)47-27(3)11-9-10-20-46-34(25)23-37(4)49(43,44)31-17-15-29(45-5)16-18-31/h6-8,12-19,21,25-27,34,36,39H,9-11,20,22-24H2,1-5H3/t25-,26-,27-,34+/m0/s1. The van der Waals surface area contributed by atoms with Gasteiger partial charge in [-0.2, -0.15) is 4.31 Å². The highest BCUT2D eigenvalue weighted by molar-refractivity contribution is 7.92. The van der Waals surface area contributed by atoms with E-state index < -0.39 is 38.1 Å². The average Bonchev–Trinajstić information content (AvgIpc) is 3.09. The Balaban J connectivity index is 1.66. The van der Waals surface area contributed by atoms with Gasteiger partial charge in [-0.25, -0.2) is 16.8 Å². The number of hydrogen-bond donors (Lipinski definition) is 2. The van der Waals surface area contributed by atoms with Crippen molar-refractivity contribution in [1.29, 1.82) is 0 Å². The molecule has 1 aliphatic heterocycles. The van der Waals surface area contributed by atoms with E-state index in [4.69, 9.17) is 14.2 Å². The Morgan fingerprint density at radius 3 is 2.35 bits per heavy atom. The number of rotatable bonds is 10. The number of aliphatic hydroxyl groups is 1. The fourth-order valence-corrected chi connectivity index (χ4v) is 7.80. The van der Waals surface area contributed by atoms with Gasteiger partial charge in [0, 0.05) is 38.3 Å². The van der Waals surface area contributed by atoms with Crippen LogP contribution in [0.4, 0.5) is 5.69 Å². The van der Waals surface area contributed by atoms with Gasteiger partial charge >= 0.3 is 0 Å². The normalized spacial score (nSPS) is 20.5. The molecule has 3 aromatic rings. The Bertz CT molecular complexity index is 1750. The van der Waals surface area contributed by atoms with Crippen LogP contribution in [0.15, 0.2) is 82.6 Å². The molecule has 0 aromatic heterocycles. The maximum atomic E-state index is 14.4. The maximum absolute atomic E-state index is 14.4. The van der Waals surface area contributed by atoms with Crippen LogP contribution in [0.25, 0.3) is 0 Å². The molecule has 0 unspecified atom stereocenters. The summed E-state index contributed by atoms with van der Waals surface area (Å²) in [5.74, 6) is -0.0312. The second-order valence-electron chi connectivity index (χ2n) is 12.4. The first-order valence-corrected chi connectivity index (χ1v) is 19.2. The molecule has 4 rings (SSSR count). The van der Waals surface area contributed by atoms with Crippen LogP contribution in [-0.2, 0) is 24.8 Å². The van der Waals surface area contributed by atoms with E-state index in [1.165, 1.54) is 53.7 Å². The number of aliphatic hydroxyl groups excluding tert-OH is 1. The van der Waals surface area contributed by atoms with Crippen LogP contribution in [0.3, 0.4) is 0 Å². The summed E-state index contributed by atoms with van der Waals surface area (Å²) < 4.78 is 74.8. The number of hydrogen-bond acceptors (Lipinski definition) is 9. The summed E-state index contributed by atoms with van der Waals surface area (Å²) in [5, 5.41) is 10.2. The Kier molecular flexibility index (Phi) is 13.1. The molecular formula is C35H47N3O9S2. The van der Waals surface area contributed by atoms with Crippen LogP contribution >= 0.6 is 0 Å². The number of sulfonamides is 2. The lowest BCUT2D eigenvalue weighted by molar-refractivity contribution is -0.00833. The summed E-state index contributed by atoms with van der Waals surface area (Å²) in [6.45, 7) is 5.63. The van der Waals surface area contributed by atoms with Crippen LogP contribution in [0, 0.1) is 5.92 Å². The van der Waals surface area contributed by atoms with Crippen molar-refractivity contribution in [1.82, 2.24) is 9.21 Å². The van der Waals surface area contributed by atoms with Crippen LogP contribution in [-0.4, -0.2) is 95.8 Å². The zero-order valence-corrected chi connectivity index (χ0v) is 30.2. The fourth-order valence-electron chi connectivity index (χ4n) is 5.54. The van der Waals surface area contributed by atoms with Crippen LogP contribution in [0.2, 0.25) is 0 Å². The summed E-state index contributed by atoms with van der Waals surface area (Å²) in [4.78, 5) is 16.0. The second-order valence-corrected chi connectivity index (χ2v) is 16.1. The number of anilines is 1. The predicted molar refractivity (Wildman–Crippen MR) is 187 cm³/mol. The third-order valence-electron chi connectivity index (χ3n) is 8.56. The van der Waals surface area contributed by atoms with Crippen LogP contribution < -0.4 is 14.2 Å². The monoisotopic (exact) mass is 717 g/mol. The minimum atomic E-state index is -3.95. The van der Waals surface area contributed by atoms with E-state index in [1.807, 2.05) is 13.8 Å². The zero-order valence-electron chi connectivity index (χ0n) is 28.6. The second kappa shape index (κ2) is 16.8. The minimum absolute atomic E-state index is 0.0204. The van der Waals surface area contributed by atoms with Gasteiger partial charge in [-0.05, 0) is 87.7 Å². The van der Waals surface area contributed by atoms with Crippen molar-refractivity contribution in [2.45, 2.75) is 68.1 Å². The quantitative estimate of drug-likeness (QED) is 0.306. The Morgan fingerprint density at radius 1 is 1.00 bits per heavy atom. The van der Waals surface area contributed by atoms with Gasteiger partial charge in [-0.15, -0.1) is 0 Å². The van der Waals surface area contributed by atoms with Crippen molar-refractivity contribution < 1.29 is 40.9 Å². The Hall–Kier alpha value is -3.69. The number of ether oxygens (including phenoxy) is 3. The molecular weight excluding hydrogens is 671 g/mol. The first-order chi connectivity index (χ1) is 23.3. The Labute approximate surface area is 290 Å². The van der Waals surface area contributed by atoms with Crippen molar-refractivity contribution in [3.63, 3.8) is 0 Å². The smallest absolute Gasteiger partial charge is 0.261 e. The number of carbonyl (C=O) groups is 1. The number of amides is 1. The highest BCUT2D eigenvalue weighted by Crippen LogP contribution is 2.30. The van der Waals surface area contributed by atoms with Gasteiger partial charge in [-0.3, -0.25) is 9.52 Å². The van der Waals surface area contributed by atoms with E-state index in [0.717, 1.165) is 6.42 Å². The molecule has 0 saturated heterocycles. The minimum Gasteiger partial charge on any atom is -0.497 e. The SMILES string of the molecule is COc1ccc(S(=O)(=O)N(C)C[C@H]2OCCCC[C@H](C)Oc3ccc(NS(=O)(=O)c4ccccc4)cc3C(=O)N([C@@H](C)CO)C[C@@H]2C)cc1. The number of methoxy groups -OCH3 is 1. The van der Waals surface area contributed by atoms with Crippen molar-refractivity contribution in [2.75, 3.05) is 45.2 Å². The molecule has 0 spiro atoms. The molecule has 0 radical (unpaired) electrons. The molecule has 0 fully saturated rings. The molecule has 1 amide bonds. The van der Waals surface area contributed by atoms with E-state index in [1.54, 1.807) is 49.4 Å². The van der Waals surface area contributed by atoms with Crippen LogP contribution in [0.5, 0.6) is 11.5 Å². The first kappa shape index (κ1) is 38.1. The lowest BCUT2D eigenvalue weighted by atomic mass is 10.0. The van der Waals surface area contributed by atoms with Gasteiger partial charge in [0.2, 0.25) is 10.0 Å². The van der Waals surface area contributed by atoms with E-state index in [2.05, 4.69) is 4.72 Å². The molecule has 0 saturated carbocycles. The number of fused-ring (bicyclic) bond motifs is 1. The summed E-state index contributed by atoms with van der Waals surface area (Å²) in [5.41, 5.74) is 0.297. The maximum Gasteiger partial charge on any atom is 0.261 e. The number of nitrogens with zero attached hydrogens (tertiary/aromatic N) is 2. The molecule has 0 bridgehead atoms. The molecule has 14 heteroatoms. The first-order valence-electron chi connectivity index (χ1n) is 16.3. The van der Waals surface area contributed by atoms with Crippen LogP contribution in [0.1, 0.15) is 50.4 Å². The number of carbonyl (C=O) groups excluding carboxylic acids is 1. The number of benzene rings is 3. The predicted octanol–water partition coefficient (Wildman–Crippen LogP) is 4.61. The van der Waals surface area contributed by atoms with E-state index in [0.29, 0.717) is 25.2 Å². The third kappa shape index (κ3) is 9.73. The summed E-state index contributed by atoms with van der Waals surface area (Å²) in [6, 6.07) is 18.0. The molecule has 49 heavy (non-hydrogen) atoms. The number of likely N-dealkylation sites (N-methyl/N-ethyl adjacent to an activating group) is 1. The zero-order chi connectivity index (χ0) is 35.8. The topological polar surface area (TPSA) is 152 Å². The lowest BCUT2D eigenvalue weighted by Crippen LogP contribution is -2.48. The van der Waals surface area contributed by atoms with E-state index >= 15 is 0 Å². The molecule has 12 nitrogen and oxygen atoms in total.